The lowest BCUT2D eigenvalue weighted by molar-refractivity contribution is -0.144. The fraction of sp³-hybridized carbons (Fsp3) is 0.292. The van der Waals surface area contributed by atoms with Crippen LogP contribution < -0.4 is 21.1 Å². The quantitative estimate of drug-likeness (QED) is 0.437. The van der Waals surface area contributed by atoms with Gasteiger partial charge in [-0.1, -0.05) is 31.2 Å². The molecule has 4 rings (SSSR count). The van der Waals surface area contributed by atoms with Gasteiger partial charge in [0.05, 0.1) is 17.3 Å². The molecule has 0 saturated carbocycles. The maximum Gasteiger partial charge on any atom is 0.320 e. The Kier molecular flexibility index (Phi) is 7.46. The number of anilines is 1. The van der Waals surface area contributed by atoms with Crippen LogP contribution in [0.4, 0.5) is 19.4 Å². The van der Waals surface area contributed by atoms with Crippen molar-refractivity contribution in [3.8, 4) is 11.6 Å². The number of carbonyl (C=O) groups excluding carboxylic acids is 2. The zero-order chi connectivity index (χ0) is 25.8. The Hall–Kier alpha value is -4.03. The average Bonchev–Trinajstić information content (AvgIpc) is 3.41. The molecular weight excluding hydrogens is 474 g/mol. The summed E-state index contributed by atoms with van der Waals surface area (Å²) >= 11 is 0. The van der Waals surface area contributed by atoms with Gasteiger partial charge < -0.3 is 15.8 Å². The van der Waals surface area contributed by atoms with E-state index in [9.17, 15) is 18.4 Å². The topological polar surface area (TPSA) is 124 Å². The van der Waals surface area contributed by atoms with Crippen LogP contribution in [0.2, 0.25) is 0 Å². The third-order valence-corrected chi connectivity index (χ3v) is 5.63. The molecule has 4 N–H and O–H groups in total. The minimum Gasteiger partial charge on any atom is -0.466 e. The van der Waals surface area contributed by atoms with Gasteiger partial charge in [0.2, 0.25) is 5.88 Å². The van der Waals surface area contributed by atoms with E-state index in [2.05, 4.69) is 15.7 Å². The number of para-hydroxylation sites is 1. The van der Waals surface area contributed by atoms with Crippen molar-refractivity contribution < 1.29 is 27.9 Å². The number of rotatable bonds is 8. The first-order valence-electron chi connectivity index (χ1n) is 11.3. The Morgan fingerprint density at radius 2 is 1.94 bits per heavy atom. The van der Waals surface area contributed by atoms with Crippen molar-refractivity contribution in [1.82, 2.24) is 20.2 Å². The highest BCUT2D eigenvalue weighted by molar-refractivity contribution is 5.90. The van der Waals surface area contributed by atoms with E-state index in [1.165, 1.54) is 10.7 Å². The molecule has 3 aromatic rings. The van der Waals surface area contributed by atoms with E-state index in [1.807, 2.05) is 25.1 Å². The summed E-state index contributed by atoms with van der Waals surface area (Å²) < 4.78 is 34.2. The molecule has 10 nitrogen and oxygen atoms in total. The van der Waals surface area contributed by atoms with Crippen LogP contribution in [0.1, 0.15) is 24.2 Å². The monoisotopic (exact) mass is 500 g/mol. The minimum absolute atomic E-state index is 0.133. The lowest BCUT2D eigenvalue weighted by Gasteiger charge is -2.19. The first kappa shape index (κ1) is 25.1. The van der Waals surface area contributed by atoms with Crippen molar-refractivity contribution in [2.24, 2.45) is 5.73 Å². The zero-order valence-electron chi connectivity index (χ0n) is 19.7. The SMILES string of the molecule is CCN1C[C@@H](NC(=O)Nc2c(C)c(OCC(N)=O)nn2-c2ccccc2)[C@H](c2ccc(F)c(F)c2)O1. The molecule has 1 aliphatic rings. The number of benzene rings is 2. The third kappa shape index (κ3) is 5.44. The summed E-state index contributed by atoms with van der Waals surface area (Å²) in [7, 11) is 0. The molecule has 1 aliphatic heterocycles. The van der Waals surface area contributed by atoms with Gasteiger partial charge in [0.25, 0.3) is 5.91 Å². The summed E-state index contributed by atoms with van der Waals surface area (Å²) in [5, 5.41) is 11.6. The van der Waals surface area contributed by atoms with E-state index in [0.717, 1.165) is 12.1 Å². The number of hydroxylamine groups is 2. The maximum atomic E-state index is 13.9. The minimum atomic E-state index is -1.000. The van der Waals surface area contributed by atoms with Crippen LogP contribution >= 0.6 is 0 Å². The van der Waals surface area contributed by atoms with Crippen LogP contribution in [0, 0.1) is 18.6 Å². The lowest BCUT2D eigenvalue weighted by atomic mass is 10.0. The smallest absolute Gasteiger partial charge is 0.320 e. The number of ether oxygens (including phenoxy) is 1. The summed E-state index contributed by atoms with van der Waals surface area (Å²) in [5.74, 6) is -2.19. The highest BCUT2D eigenvalue weighted by Crippen LogP contribution is 2.31. The van der Waals surface area contributed by atoms with E-state index in [1.54, 1.807) is 24.1 Å². The second-order valence-electron chi connectivity index (χ2n) is 8.17. The average molecular weight is 501 g/mol. The molecule has 1 saturated heterocycles. The van der Waals surface area contributed by atoms with Crippen LogP contribution in [0.5, 0.6) is 5.88 Å². The first-order valence-corrected chi connectivity index (χ1v) is 11.3. The second-order valence-corrected chi connectivity index (χ2v) is 8.17. The Labute approximate surface area is 205 Å². The highest BCUT2D eigenvalue weighted by Gasteiger charge is 2.36. The molecule has 2 atom stereocenters. The zero-order valence-corrected chi connectivity index (χ0v) is 19.7. The molecule has 2 heterocycles. The number of amides is 3. The number of halogens is 2. The molecule has 0 spiro atoms. The van der Waals surface area contributed by atoms with E-state index in [-0.39, 0.29) is 12.5 Å². The molecule has 0 aliphatic carbocycles. The van der Waals surface area contributed by atoms with Crippen molar-refractivity contribution >= 4 is 17.8 Å². The van der Waals surface area contributed by atoms with E-state index in [4.69, 9.17) is 15.3 Å². The Balaban J connectivity index is 1.57. The van der Waals surface area contributed by atoms with Crippen molar-refractivity contribution in [3.05, 3.63) is 71.3 Å². The van der Waals surface area contributed by atoms with Crippen LogP contribution in [-0.4, -0.2) is 52.5 Å². The van der Waals surface area contributed by atoms with Gasteiger partial charge in [-0.25, -0.2) is 18.3 Å². The van der Waals surface area contributed by atoms with Gasteiger partial charge in [0.15, 0.2) is 18.2 Å². The Bertz CT molecular complexity index is 1250. The number of hydrogen-bond donors (Lipinski definition) is 3. The van der Waals surface area contributed by atoms with Gasteiger partial charge in [-0.05, 0) is 36.8 Å². The molecule has 2 aromatic carbocycles. The van der Waals surface area contributed by atoms with Gasteiger partial charge in [0, 0.05) is 13.1 Å². The summed E-state index contributed by atoms with van der Waals surface area (Å²) in [4.78, 5) is 30.1. The van der Waals surface area contributed by atoms with Crippen molar-refractivity contribution in [1.29, 1.82) is 0 Å². The predicted molar refractivity (Wildman–Crippen MR) is 126 cm³/mol. The number of nitrogens with two attached hydrogens (primary N) is 1. The van der Waals surface area contributed by atoms with Gasteiger partial charge in [-0.15, -0.1) is 5.10 Å². The maximum absolute atomic E-state index is 13.9. The van der Waals surface area contributed by atoms with Gasteiger partial charge in [-0.2, -0.15) is 5.06 Å². The fourth-order valence-electron chi connectivity index (χ4n) is 3.87. The first-order chi connectivity index (χ1) is 17.3. The van der Waals surface area contributed by atoms with Crippen molar-refractivity contribution in [3.63, 3.8) is 0 Å². The Morgan fingerprint density at radius 1 is 1.19 bits per heavy atom. The summed E-state index contributed by atoms with van der Waals surface area (Å²) in [6.45, 7) is 4.04. The lowest BCUT2D eigenvalue weighted by Crippen LogP contribution is -2.42. The highest BCUT2D eigenvalue weighted by atomic mass is 19.2. The molecule has 3 amide bonds. The molecule has 12 heteroatoms. The normalized spacial score (nSPS) is 17.7. The molecule has 36 heavy (non-hydrogen) atoms. The summed E-state index contributed by atoms with van der Waals surface area (Å²) in [6, 6.07) is 11.4. The molecule has 1 fully saturated rings. The molecule has 190 valence electrons. The van der Waals surface area contributed by atoms with Crippen LogP contribution in [-0.2, 0) is 9.63 Å². The standard InChI is InChI=1S/C24H26F2N6O4/c1-3-31-12-19(21(36-31)15-9-10-17(25)18(26)11-15)28-24(34)29-22-14(2)23(35-13-20(27)33)30-32(22)16-7-5-4-6-8-16/h4-11,19,21H,3,12-13H2,1-2H3,(H2,27,33)(H2,28,29,34)/t19-,21+/m1/s1. The van der Waals surface area contributed by atoms with E-state index < -0.39 is 35.7 Å². The third-order valence-electron chi connectivity index (χ3n) is 5.63. The number of urea groups is 1. The number of nitrogens with one attached hydrogen (secondary N) is 2. The molecule has 0 unspecified atom stereocenters. The van der Waals surface area contributed by atoms with E-state index in [0.29, 0.717) is 35.7 Å². The number of nitrogens with zero attached hydrogens (tertiary/aromatic N) is 3. The van der Waals surface area contributed by atoms with Crippen LogP contribution in [0.3, 0.4) is 0 Å². The van der Waals surface area contributed by atoms with Crippen molar-refractivity contribution in [2.75, 3.05) is 25.0 Å². The number of carbonyl (C=O) groups is 2. The molecular formula is C24H26F2N6O4. The van der Waals surface area contributed by atoms with Gasteiger partial charge >= 0.3 is 6.03 Å². The van der Waals surface area contributed by atoms with Gasteiger partial charge in [-0.3, -0.25) is 14.9 Å². The second kappa shape index (κ2) is 10.7. The number of hydrogen-bond acceptors (Lipinski definition) is 6. The number of primary amides is 1. The predicted octanol–water partition coefficient (Wildman–Crippen LogP) is 2.82. The summed E-state index contributed by atoms with van der Waals surface area (Å²) in [6.07, 6.45) is -0.722. The number of aromatic nitrogens is 2. The largest absolute Gasteiger partial charge is 0.466 e. The number of likely N-dealkylation sites (N-methyl/N-ethyl adjacent to an activating group) is 1. The molecule has 0 radical (unpaired) electrons. The molecule has 1 aromatic heterocycles. The van der Waals surface area contributed by atoms with Crippen molar-refractivity contribution in [2.45, 2.75) is 26.0 Å². The molecule has 0 bridgehead atoms. The van der Waals surface area contributed by atoms with Gasteiger partial charge in [0.1, 0.15) is 11.9 Å². The van der Waals surface area contributed by atoms with Crippen LogP contribution in [0.15, 0.2) is 48.5 Å². The van der Waals surface area contributed by atoms with Crippen LogP contribution in [0.25, 0.3) is 5.69 Å². The van der Waals surface area contributed by atoms with E-state index >= 15 is 0 Å². The fourth-order valence-corrected chi connectivity index (χ4v) is 3.87. The summed E-state index contributed by atoms with van der Waals surface area (Å²) in [5.41, 5.74) is 6.69. The Morgan fingerprint density at radius 3 is 2.61 bits per heavy atom.